The molecule has 1 fully saturated rings. The van der Waals surface area contributed by atoms with Crippen LogP contribution in [-0.4, -0.2) is 57.9 Å². The van der Waals surface area contributed by atoms with Crippen molar-refractivity contribution in [3.8, 4) is 0 Å². The van der Waals surface area contributed by atoms with Crippen LogP contribution in [0.2, 0.25) is 0 Å². The van der Waals surface area contributed by atoms with Gasteiger partial charge in [-0.2, -0.15) is 0 Å². The molecule has 1 aliphatic rings. The van der Waals surface area contributed by atoms with Crippen LogP contribution in [0.3, 0.4) is 0 Å². The Morgan fingerprint density at radius 3 is 2.19 bits per heavy atom. The molecule has 0 aliphatic carbocycles. The van der Waals surface area contributed by atoms with Crippen LogP contribution in [0, 0.1) is 0 Å². The Morgan fingerprint density at radius 1 is 1.03 bits per heavy atom. The number of benzene rings is 2. The van der Waals surface area contributed by atoms with Gasteiger partial charge in [0.25, 0.3) is 11.8 Å². The molecular formula is C20H25N5O5S. The van der Waals surface area contributed by atoms with E-state index in [1.165, 1.54) is 24.3 Å². The first-order valence-electron chi connectivity index (χ1n) is 9.65. The number of piperazine rings is 1. The maximum atomic E-state index is 12.6. The van der Waals surface area contributed by atoms with Gasteiger partial charge in [-0.3, -0.25) is 19.5 Å². The van der Waals surface area contributed by atoms with Crippen LogP contribution in [0.4, 0.5) is 11.4 Å². The lowest BCUT2D eigenvalue weighted by Gasteiger charge is -2.29. The molecule has 1 saturated heterocycles. The summed E-state index contributed by atoms with van der Waals surface area (Å²) in [4.78, 5) is 27.1. The molecule has 0 spiro atoms. The Kier molecular flexibility index (Phi) is 7.10. The van der Waals surface area contributed by atoms with Gasteiger partial charge in [0.2, 0.25) is 10.0 Å². The maximum Gasteiger partial charge on any atom is 0.270 e. The lowest BCUT2D eigenvalue weighted by molar-refractivity contribution is -0.131. The molecule has 0 radical (unpaired) electrons. The van der Waals surface area contributed by atoms with Crippen LogP contribution < -0.4 is 25.7 Å². The summed E-state index contributed by atoms with van der Waals surface area (Å²) >= 11 is 0. The van der Waals surface area contributed by atoms with Gasteiger partial charge in [0, 0.05) is 43.1 Å². The van der Waals surface area contributed by atoms with E-state index >= 15 is 0 Å². The minimum atomic E-state index is -3.43. The smallest absolute Gasteiger partial charge is 0.270 e. The number of amides is 2. The number of rotatable bonds is 7. The summed E-state index contributed by atoms with van der Waals surface area (Å²) in [5.74, 6) is -1.33. The molecule has 11 heteroatoms. The van der Waals surface area contributed by atoms with E-state index in [1.807, 2.05) is 12.1 Å². The number of hydrogen-bond acceptors (Lipinski definition) is 7. The van der Waals surface area contributed by atoms with E-state index in [1.54, 1.807) is 17.6 Å². The average Bonchev–Trinajstić information content (AvgIpc) is 2.77. The largest absolute Gasteiger partial charge is 0.369 e. The summed E-state index contributed by atoms with van der Waals surface area (Å²) in [6.45, 7) is 3.54. The Labute approximate surface area is 180 Å². The second-order valence-corrected chi connectivity index (χ2v) is 8.91. The fraction of sp³-hybridized carbons (Fsp3) is 0.300. The molecule has 166 valence electrons. The van der Waals surface area contributed by atoms with Gasteiger partial charge in [-0.15, -0.1) is 0 Å². The summed E-state index contributed by atoms with van der Waals surface area (Å²) in [7, 11) is -3.43. The standard InChI is InChI=1S/C20H25N5O5S/c1-31(29,30)24-16-6-2-15(3-7-16)19(26)22-18(20(27)23-28)14-4-8-17(9-5-14)25-12-10-21-11-13-25/h2-9,18,21,24,28H,10-13H2,1H3,(H,22,26)(H,23,27). The summed E-state index contributed by atoms with van der Waals surface area (Å²) in [6.07, 6.45) is 1.03. The lowest BCUT2D eigenvalue weighted by Crippen LogP contribution is -2.43. The van der Waals surface area contributed by atoms with Gasteiger partial charge in [-0.25, -0.2) is 13.9 Å². The van der Waals surface area contributed by atoms with Crippen LogP contribution in [0.5, 0.6) is 0 Å². The number of hydrogen-bond donors (Lipinski definition) is 5. The van der Waals surface area contributed by atoms with Gasteiger partial charge >= 0.3 is 0 Å². The fourth-order valence-corrected chi connectivity index (χ4v) is 3.85. The monoisotopic (exact) mass is 447 g/mol. The quantitative estimate of drug-likeness (QED) is 0.307. The van der Waals surface area contributed by atoms with Crippen molar-refractivity contribution in [1.29, 1.82) is 0 Å². The number of nitrogens with one attached hydrogen (secondary N) is 4. The molecule has 1 aliphatic heterocycles. The molecule has 0 bridgehead atoms. The molecule has 31 heavy (non-hydrogen) atoms. The Hall–Kier alpha value is -3.15. The highest BCUT2D eigenvalue weighted by atomic mass is 32.2. The number of sulfonamides is 1. The first-order chi connectivity index (χ1) is 14.8. The average molecular weight is 448 g/mol. The Bertz CT molecular complexity index is 1020. The first kappa shape index (κ1) is 22.5. The zero-order chi connectivity index (χ0) is 22.4. The van der Waals surface area contributed by atoms with Gasteiger partial charge in [0.15, 0.2) is 0 Å². The minimum Gasteiger partial charge on any atom is -0.369 e. The van der Waals surface area contributed by atoms with Crippen molar-refractivity contribution in [2.75, 3.05) is 42.1 Å². The number of carbonyl (C=O) groups excluding carboxylic acids is 2. The summed E-state index contributed by atoms with van der Waals surface area (Å²) < 4.78 is 24.9. The second-order valence-electron chi connectivity index (χ2n) is 7.16. The van der Waals surface area contributed by atoms with E-state index in [-0.39, 0.29) is 5.56 Å². The fourth-order valence-electron chi connectivity index (χ4n) is 3.28. The topological polar surface area (TPSA) is 140 Å². The van der Waals surface area contributed by atoms with Gasteiger partial charge in [-0.05, 0) is 42.0 Å². The van der Waals surface area contributed by atoms with E-state index in [4.69, 9.17) is 5.21 Å². The van der Waals surface area contributed by atoms with Crippen molar-refractivity contribution >= 4 is 33.2 Å². The van der Waals surface area contributed by atoms with Gasteiger partial charge in [0.05, 0.1) is 6.26 Å². The van der Waals surface area contributed by atoms with Crippen molar-refractivity contribution in [3.05, 3.63) is 59.7 Å². The predicted octanol–water partition coefficient (Wildman–Crippen LogP) is 0.444. The highest BCUT2D eigenvalue weighted by Crippen LogP contribution is 2.21. The SMILES string of the molecule is CS(=O)(=O)Nc1ccc(C(=O)NC(C(=O)NO)c2ccc(N3CCNCC3)cc2)cc1. The Balaban J connectivity index is 1.73. The van der Waals surface area contributed by atoms with Crippen molar-refractivity contribution in [2.24, 2.45) is 0 Å². The third kappa shape index (κ3) is 6.17. The summed E-state index contributed by atoms with van der Waals surface area (Å²) in [5, 5.41) is 15.0. The van der Waals surface area contributed by atoms with E-state index in [2.05, 4.69) is 20.3 Å². The molecule has 5 N–H and O–H groups in total. The first-order valence-corrected chi connectivity index (χ1v) is 11.5. The van der Waals surface area contributed by atoms with Crippen molar-refractivity contribution in [1.82, 2.24) is 16.1 Å². The summed E-state index contributed by atoms with van der Waals surface area (Å²) in [5.41, 5.74) is 3.64. The third-order valence-corrected chi connectivity index (χ3v) is 5.41. The van der Waals surface area contributed by atoms with Gasteiger partial charge in [0.1, 0.15) is 6.04 Å². The molecule has 0 saturated carbocycles. The molecule has 2 aromatic rings. The molecule has 3 rings (SSSR count). The molecular weight excluding hydrogens is 422 g/mol. The van der Waals surface area contributed by atoms with Crippen LogP contribution in [-0.2, 0) is 14.8 Å². The zero-order valence-corrected chi connectivity index (χ0v) is 17.8. The van der Waals surface area contributed by atoms with E-state index in [0.717, 1.165) is 38.1 Å². The number of anilines is 2. The zero-order valence-electron chi connectivity index (χ0n) is 17.0. The molecule has 0 aromatic heterocycles. The van der Waals surface area contributed by atoms with E-state index < -0.39 is 27.9 Å². The van der Waals surface area contributed by atoms with Gasteiger partial charge < -0.3 is 15.5 Å². The molecule has 10 nitrogen and oxygen atoms in total. The molecule has 1 heterocycles. The third-order valence-electron chi connectivity index (χ3n) is 4.81. The van der Waals surface area contributed by atoms with E-state index in [0.29, 0.717) is 11.3 Å². The number of nitrogens with zero attached hydrogens (tertiary/aromatic N) is 1. The predicted molar refractivity (Wildman–Crippen MR) is 117 cm³/mol. The van der Waals surface area contributed by atoms with Crippen molar-refractivity contribution in [3.63, 3.8) is 0 Å². The summed E-state index contributed by atoms with van der Waals surface area (Å²) in [6, 6.07) is 11.9. The van der Waals surface area contributed by atoms with Crippen LogP contribution in [0.15, 0.2) is 48.5 Å². The highest BCUT2D eigenvalue weighted by molar-refractivity contribution is 7.92. The van der Waals surface area contributed by atoms with Crippen LogP contribution in [0.1, 0.15) is 22.0 Å². The van der Waals surface area contributed by atoms with Gasteiger partial charge in [-0.1, -0.05) is 12.1 Å². The maximum absolute atomic E-state index is 12.6. The molecule has 2 amide bonds. The van der Waals surface area contributed by atoms with Crippen LogP contribution >= 0.6 is 0 Å². The normalized spacial score (nSPS) is 15.1. The molecule has 1 atom stereocenters. The Morgan fingerprint density at radius 2 is 1.65 bits per heavy atom. The second kappa shape index (κ2) is 9.77. The molecule has 1 unspecified atom stereocenters. The van der Waals surface area contributed by atoms with Crippen LogP contribution in [0.25, 0.3) is 0 Å². The van der Waals surface area contributed by atoms with Crippen molar-refractivity contribution < 1.29 is 23.2 Å². The molecule has 2 aromatic carbocycles. The lowest BCUT2D eigenvalue weighted by atomic mass is 10.0. The minimum absolute atomic E-state index is 0.229. The van der Waals surface area contributed by atoms with Crippen molar-refractivity contribution in [2.45, 2.75) is 6.04 Å². The van der Waals surface area contributed by atoms with E-state index in [9.17, 15) is 18.0 Å². The highest BCUT2D eigenvalue weighted by Gasteiger charge is 2.23. The number of hydroxylamine groups is 1. The number of carbonyl (C=O) groups is 2.